The highest BCUT2D eigenvalue weighted by Crippen LogP contribution is 2.19. The van der Waals surface area contributed by atoms with E-state index in [2.05, 4.69) is 9.71 Å². The summed E-state index contributed by atoms with van der Waals surface area (Å²) >= 11 is 1.01. The minimum atomic E-state index is -3.81. The van der Waals surface area contributed by atoms with E-state index in [4.69, 9.17) is 5.11 Å². The lowest BCUT2D eigenvalue weighted by Gasteiger charge is -2.19. The van der Waals surface area contributed by atoms with Crippen LogP contribution in [0.15, 0.2) is 10.4 Å². The molecule has 1 aromatic rings. The zero-order valence-corrected chi connectivity index (χ0v) is 12.0. The number of nitrogens with one attached hydrogen (secondary N) is 1. The number of hydrogen-bond acceptors (Lipinski definition) is 5. The summed E-state index contributed by atoms with van der Waals surface area (Å²) in [6, 6.07) is -1.12. The highest BCUT2D eigenvalue weighted by molar-refractivity contribution is 7.91. The second-order valence-corrected chi connectivity index (χ2v) is 7.20. The van der Waals surface area contributed by atoms with Crippen LogP contribution in [-0.2, 0) is 14.8 Å². The lowest BCUT2D eigenvalue weighted by Crippen LogP contribution is -2.44. The molecule has 1 aromatic heterocycles. The smallest absolute Gasteiger partial charge is 0.322 e. The molecule has 0 saturated carbocycles. The number of carbonyl (C=O) groups is 1. The van der Waals surface area contributed by atoms with Gasteiger partial charge in [0.25, 0.3) is 10.0 Å². The van der Waals surface area contributed by atoms with E-state index in [0.717, 1.165) is 11.3 Å². The molecule has 0 spiro atoms. The fourth-order valence-electron chi connectivity index (χ4n) is 1.34. The first-order chi connectivity index (χ1) is 8.27. The molecule has 1 heterocycles. The van der Waals surface area contributed by atoms with Crippen molar-refractivity contribution in [2.24, 2.45) is 5.92 Å². The van der Waals surface area contributed by atoms with E-state index >= 15 is 0 Å². The third kappa shape index (κ3) is 3.50. The average molecular weight is 292 g/mol. The minimum Gasteiger partial charge on any atom is -0.480 e. The Hall–Kier alpha value is -0.990. The molecule has 6 nitrogen and oxygen atoms in total. The number of thiazole rings is 1. The van der Waals surface area contributed by atoms with E-state index in [-0.39, 0.29) is 10.1 Å². The number of carboxylic acid groups (broad SMARTS) is 1. The molecule has 102 valence electrons. The highest BCUT2D eigenvalue weighted by Gasteiger charge is 2.30. The van der Waals surface area contributed by atoms with Crippen LogP contribution >= 0.6 is 11.3 Å². The van der Waals surface area contributed by atoms with E-state index in [1.54, 1.807) is 13.8 Å². The first-order valence-electron chi connectivity index (χ1n) is 5.45. The summed E-state index contributed by atoms with van der Waals surface area (Å²) in [6.45, 7) is 5.19. The van der Waals surface area contributed by atoms with Gasteiger partial charge in [0, 0.05) is 0 Å². The molecule has 1 rings (SSSR count). The Balaban J connectivity index is 2.96. The molecule has 0 aliphatic heterocycles. The topological polar surface area (TPSA) is 96.4 Å². The van der Waals surface area contributed by atoms with E-state index in [0.29, 0.717) is 11.4 Å². The maximum atomic E-state index is 12.0. The largest absolute Gasteiger partial charge is 0.480 e. The summed E-state index contributed by atoms with van der Waals surface area (Å²) in [5.41, 5.74) is 0. The zero-order valence-electron chi connectivity index (χ0n) is 10.4. The molecule has 18 heavy (non-hydrogen) atoms. The van der Waals surface area contributed by atoms with Crippen LogP contribution in [0, 0.1) is 12.8 Å². The minimum absolute atomic E-state index is 0.0366. The third-order valence-electron chi connectivity index (χ3n) is 2.63. The van der Waals surface area contributed by atoms with Crippen molar-refractivity contribution in [3.63, 3.8) is 0 Å². The van der Waals surface area contributed by atoms with Gasteiger partial charge in [-0.15, -0.1) is 11.3 Å². The molecule has 0 radical (unpaired) electrons. The van der Waals surface area contributed by atoms with Gasteiger partial charge in [0.1, 0.15) is 6.04 Å². The van der Waals surface area contributed by atoms with Crippen LogP contribution in [0.4, 0.5) is 0 Å². The molecule has 0 fully saturated rings. The van der Waals surface area contributed by atoms with Crippen LogP contribution in [0.1, 0.15) is 25.3 Å². The van der Waals surface area contributed by atoms with E-state index < -0.39 is 22.0 Å². The predicted molar refractivity (Wildman–Crippen MR) is 68.1 cm³/mol. The Labute approximate surface area is 110 Å². The lowest BCUT2D eigenvalue weighted by atomic mass is 10.0. The van der Waals surface area contributed by atoms with Crippen LogP contribution in [0.25, 0.3) is 0 Å². The van der Waals surface area contributed by atoms with Crippen molar-refractivity contribution in [1.82, 2.24) is 9.71 Å². The maximum absolute atomic E-state index is 12.0. The SMILES string of the molecule is CC[C@H](C)[C@H](NS(=O)(=O)c1cnc(C)s1)C(=O)O. The molecular weight excluding hydrogens is 276 g/mol. The van der Waals surface area contributed by atoms with Crippen LogP contribution in [0.5, 0.6) is 0 Å². The maximum Gasteiger partial charge on any atom is 0.322 e. The molecule has 0 saturated heterocycles. The van der Waals surface area contributed by atoms with Crippen molar-refractivity contribution in [3.05, 3.63) is 11.2 Å². The van der Waals surface area contributed by atoms with Gasteiger partial charge in [-0.3, -0.25) is 4.79 Å². The standard InChI is InChI=1S/C10H16N2O4S2/c1-4-6(2)9(10(13)14)12-18(15,16)8-5-11-7(3)17-8/h5-6,9,12H,4H2,1-3H3,(H,13,14)/t6-,9-/m0/s1. The first kappa shape index (κ1) is 15.1. The second-order valence-electron chi connectivity index (χ2n) is 4.02. The second kappa shape index (κ2) is 5.77. The van der Waals surface area contributed by atoms with Crippen molar-refractivity contribution in [1.29, 1.82) is 0 Å². The monoisotopic (exact) mass is 292 g/mol. The van der Waals surface area contributed by atoms with Gasteiger partial charge < -0.3 is 5.11 Å². The van der Waals surface area contributed by atoms with Crippen LogP contribution in [0.2, 0.25) is 0 Å². The Morgan fingerprint density at radius 3 is 2.61 bits per heavy atom. The molecule has 0 aliphatic carbocycles. The number of aryl methyl sites for hydroxylation is 1. The van der Waals surface area contributed by atoms with Gasteiger partial charge in [-0.2, -0.15) is 4.72 Å². The Bertz CT molecular complexity index is 524. The van der Waals surface area contributed by atoms with E-state index in [1.165, 1.54) is 6.20 Å². The summed E-state index contributed by atoms with van der Waals surface area (Å²) in [4.78, 5) is 14.9. The summed E-state index contributed by atoms with van der Waals surface area (Å²) < 4.78 is 26.2. The molecule has 0 unspecified atom stereocenters. The Morgan fingerprint density at radius 2 is 2.22 bits per heavy atom. The average Bonchev–Trinajstić information content (AvgIpc) is 2.72. The van der Waals surface area contributed by atoms with Crippen LogP contribution < -0.4 is 4.72 Å². The highest BCUT2D eigenvalue weighted by atomic mass is 32.2. The van der Waals surface area contributed by atoms with Gasteiger partial charge in [0.2, 0.25) is 0 Å². The van der Waals surface area contributed by atoms with Crippen molar-refractivity contribution < 1.29 is 18.3 Å². The molecule has 0 aliphatic rings. The van der Waals surface area contributed by atoms with Crippen molar-refractivity contribution in [2.45, 2.75) is 37.4 Å². The quantitative estimate of drug-likeness (QED) is 0.822. The number of rotatable bonds is 6. The Kier molecular flexibility index (Phi) is 4.83. The van der Waals surface area contributed by atoms with E-state index in [9.17, 15) is 13.2 Å². The van der Waals surface area contributed by atoms with Gasteiger partial charge in [-0.25, -0.2) is 13.4 Å². The molecule has 0 aromatic carbocycles. The van der Waals surface area contributed by atoms with Crippen molar-refractivity contribution in [2.75, 3.05) is 0 Å². The summed E-state index contributed by atoms with van der Waals surface area (Å²) in [6.07, 6.45) is 1.80. The molecule has 0 bridgehead atoms. The molecule has 0 amide bonds. The van der Waals surface area contributed by atoms with Crippen LogP contribution in [0.3, 0.4) is 0 Å². The predicted octanol–water partition coefficient (Wildman–Crippen LogP) is 1.23. The van der Waals surface area contributed by atoms with E-state index in [1.807, 2.05) is 6.92 Å². The van der Waals surface area contributed by atoms with Gasteiger partial charge in [-0.05, 0) is 12.8 Å². The number of nitrogens with zero attached hydrogens (tertiary/aromatic N) is 1. The number of sulfonamides is 1. The first-order valence-corrected chi connectivity index (χ1v) is 7.75. The summed E-state index contributed by atoms with van der Waals surface area (Å²) in [7, 11) is -3.81. The molecule has 8 heteroatoms. The summed E-state index contributed by atoms with van der Waals surface area (Å²) in [5, 5.41) is 9.67. The van der Waals surface area contributed by atoms with Gasteiger partial charge in [0.05, 0.1) is 11.2 Å². The van der Waals surface area contributed by atoms with Crippen LogP contribution in [-0.4, -0.2) is 30.5 Å². The fourth-order valence-corrected chi connectivity index (χ4v) is 3.76. The zero-order chi connectivity index (χ0) is 13.9. The molecule has 2 N–H and O–H groups in total. The fraction of sp³-hybridized carbons (Fsp3) is 0.600. The number of aromatic nitrogens is 1. The number of hydrogen-bond donors (Lipinski definition) is 2. The number of aliphatic carboxylic acids is 1. The van der Waals surface area contributed by atoms with Crippen molar-refractivity contribution in [3.8, 4) is 0 Å². The Morgan fingerprint density at radius 1 is 1.61 bits per heavy atom. The lowest BCUT2D eigenvalue weighted by molar-refractivity contribution is -0.140. The molecular formula is C10H16N2O4S2. The molecule has 2 atom stereocenters. The number of carboxylic acids is 1. The van der Waals surface area contributed by atoms with Crippen molar-refractivity contribution >= 4 is 27.3 Å². The van der Waals surface area contributed by atoms with Gasteiger partial charge >= 0.3 is 5.97 Å². The van der Waals surface area contributed by atoms with Gasteiger partial charge in [-0.1, -0.05) is 20.3 Å². The van der Waals surface area contributed by atoms with Gasteiger partial charge in [0.15, 0.2) is 4.21 Å². The summed E-state index contributed by atoms with van der Waals surface area (Å²) in [5.74, 6) is -1.46. The normalized spacial score (nSPS) is 15.3. The third-order valence-corrected chi connectivity index (χ3v) is 5.44.